The number of rotatable bonds is 4. The summed E-state index contributed by atoms with van der Waals surface area (Å²) in [5, 5.41) is 2.78. The van der Waals surface area contributed by atoms with Gasteiger partial charge in [-0.2, -0.15) is 0 Å². The third-order valence-electron chi connectivity index (χ3n) is 3.37. The van der Waals surface area contributed by atoms with Crippen molar-refractivity contribution < 1.29 is 9.53 Å². The third kappa shape index (κ3) is 3.81. The molecule has 1 amide bonds. The van der Waals surface area contributed by atoms with E-state index < -0.39 is 6.10 Å². The van der Waals surface area contributed by atoms with Crippen LogP contribution >= 0.6 is 0 Å². The lowest BCUT2D eigenvalue weighted by Crippen LogP contribution is -2.30. The van der Waals surface area contributed by atoms with Crippen LogP contribution in [0.2, 0.25) is 0 Å². The van der Waals surface area contributed by atoms with E-state index in [9.17, 15) is 4.79 Å². The first kappa shape index (κ1) is 15.0. The highest BCUT2D eigenvalue weighted by atomic mass is 16.5. The summed E-state index contributed by atoms with van der Waals surface area (Å²) in [6.45, 7) is 7.79. The number of nitrogens with zero attached hydrogens (tertiary/aromatic N) is 1. The van der Waals surface area contributed by atoms with Crippen LogP contribution in [-0.2, 0) is 4.79 Å². The van der Waals surface area contributed by atoms with Crippen LogP contribution in [0.3, 0.4) is 0 Å². The highest BCUT2D eigenvalue weighted by Gasteiger charge is 2.16. The molecule has 1 aromatic heterocycles. The number of anilines is 1. The van der Waals surface area contributed by atoms with Crippen molar-refractivity contribution in [2.75, 3.05) is 5.32 Å². The van der Waals surface area contributed by atoms with Crippen LogP contribution in [0.1, 0.15) is 23.6 Å². The monoisotopic (exact) mass is 284 g/mol. The summed E-state index contributed by atoms with van der Waals surface area (Å²) in [5.74, 6) is 0.558. The Hall–Kier alpha value is -2.36. The standard InChI is InChI=1S/C17H20N2O2/c1-11-8-12(2)13(3)16(9-11)21-14(4)17(20)19-15-6-5-7-18-10-15/h5-10,14H,1-4H3,(H,19,20). The van der Waals surface area contributed by atoms with Gasteiger partial charge in [0.2, 0.25) is 0 Å². The molecule has 0 aliphatic rings. The molecule has 4 heteroatoms. The van der Waals surface area contributed by atoms with Gasteiger partial charge in [-0.05, 0) is 62.6 Å². The Labute approximate surface area is 125 Å². The molecule has 0 aliphatic carbocycles. The molecule has 21 heavy (non-hydrogen) atoms. The molecule has 1 aromatic carbocycles. The molecule has 0 aliphatic heterocycles. The molecule has 0 fully saturated rings. The van der Waals surface area contributed by atoms with Crippen LogP contribution in [0.25, 0.3) is 0 Å². The van der Waals surface area contributed by atoms with Crippen molar-refractivity contribution in [3.05, 3.63) is 53.3 Å². The minimum Gasteiger partial charge on any atom is -0.481 e. The Morgan fingerprint density at radius 3 is 2.71 bits per heavy atom. The normalized spacial score (nSPS) is 11.8. The fourth-order valence-corrected chi connectivity index (χ4v) is 2.05. The molecular weight excluding hydrogens is 264 g/mol. The van der Waals surface area contributed by atoms with Gasteiger partial charge in [-0.1, -0.05) is 6.07 Å². The number of benzene rings is 1. The molecule has 1 unspecified atom stereocenters. The second-order valence-corrected chi connectivity index (χ2v) is 5.20. The van der Waals surface area contributed by atoms with Gasteiger partial charge in [0.1, 0.15) is 5.75 Å². The van der Waals surface area contributed by atoms with Crippen LogP contribution in [0.4, 0.5) is 5.69 Å². The molecule has 4 nitrogen and oxygen atoms in total. The second kappa shape index (κ2) is 6.39. The molecule has 0 radical (unpaired) electrons. The minimum atomic E-state index is -0.579. The minimum absolute atomic E-state index is 0.193. The zero-order chi connectivity index (χ0) is 15.4. The number of hydrogen-bond acceptors (Lipinski definition) is 3. The molecule has 110 valence electrons. The third-order valence-corrected chi connectivity index (χ3v) is 3.37. The molecule has 2 rings (SSSR count). The fraction of sp³-hybridized carbons (Fsp3) is 0.294. The molecule has 0 saturated carbocycles. The Bertz CT molecular complexity index is 639. The van der Waals surface area contributed by atoms with Crippen LogP contribution in [0.15, 0.2) is 36.7 Å². The van der Waals surface area contributed by atoms with E-state index in [1.807, 2.05) is 26.8 Å². The Balaban J connectivity index is 2.07. The van der Waals surface area contributed by atoms with Crippen molar-refractivity contribution in [1.29, 1.82) is 0 Å². The summed E-state index contributed by atoms with van der Waals surface area (Å²) in [6, 6.07) is 7.62. The average Bonchev–Trinajstić information content (AvgIpc) is 2.45. The Morgan fingerprint density at radius 1 is 1.29 bits per heavy atom. The van der Waals surface area contributed by atoms with E-state index in [1.54, 1.807) is 31.5 Å². The number of carbonyl (C=O) groups excluding carboxylic acids is 1. The summed E-state index contributed by atoms with van der Waals surface area (Å²) in [7, 11) is 0. The van der Waals surface area contributed by atoms with Gasteiger partial charge in [0.25, 0.3) is 5.91 Å². The predicted molar refractivity (Wildman–Crippen MR) is 83.6 cm³/mol. The van der Waals surface area contributed by atoms with E-state index in [2.05, 4.69) is 16.4 Å². The van der Waals surface area contributed by atoms with Crippen molar-refractivity contribution in [3.63, 3.8) is 0 Å². The van der Waals surface area contributed by atoms with Gasteiger partial charge < -0.3 is 10.1 Å². The molecular formula is C17H20N2O2. The van der Waals surface area contributed by atoms with Gasteiger partial charge in [0.15, 0.2) is 6.10 Å². The van der Waals surface area contributed by atoms with E-state index in [0.29, 0.717) is 5.69 Å². The molecule has 1 N–H and O–H groups in total. The average molecular weight is 284 g/mol. The van der Waals surface area contributed by atoms with Crippen molar-refractivity contribution in [3.8, 4) is 5.75 Å². The number of nitrogens with one attached hydrogen (secondary N) is 1. The van der Waals surface area contributed by atoms with Crippen LogP contribution in [-0.4, -0.2) is 17.0 Å². The highest BCUT2D eigenvalue weighted by molar-refractivity contribution is 5.93. The van der Waals surface area contributed by atoms with Crippen molar-refractivity contribution >= 4 is 11.6 Å². The van der Waals surface area contributed by atoms with E-state index in [1.165, 1.54) is 0 Å². The lowest BCUT2D eigenvalue weighted by molar-refractivity contribution is -0.122. The van der Waals surface area contributed by atoms with Crippen LogP contribution in [0, 0.1) is 20.8 Å². The van der Waals surface area contributed by atoms with Gasteiger partial charge in [-0.3, -0.25) is 9.78 Å². The van der Waals surface area contributed by atoms with Gasteiger partial charge >= 0.3 is 0 Å². The van der Waals surface area contributed by atoms with E-state index in [-0.39, 0.29) is 5.91 Å². The largest absolute Gasteiger partial charge is 0.481 e. The summed E-state index contributed by atoms with van der Waals surface area (Å²) in [6.07, 6.45) is 2.69. The van der Waals surface area contributed by atoms with Gasteiger partial charge in [0, 0.05) is 6.20 Å². The Kier molecular flexibility index (Phi) is 4.58. The van der Waals surface area contributed by atoms with E-state index in [4.69, 9.17) is 4.74 Å². The number of aromatic nitrogens is 1. The second-order valence-electron chi connectivity index (χ2n) is 5.20. The molecule has 2 aromatic rings. The Morgan fingerprint density at radius 2 is 2.05 bits per heavy atom. The summed E-state index contributed by atoms with van der Waals surface area (Å²) in [5.41, 5.74) is 3.99. The molecule has 0 bridgehead atoms. The SMILES string of the molecule is Cc1cc(C)c(C)c(OC(C)C(=O)Nc2cccnc2)c1. The summed E-state index contributed by atoms with van der Waals surface area (Å²) >= 11 is 0. The van der Waals surface area contributed by atoms with E-state index >= 15 is 0 Å². The van der Waals surface area contributed by atoms with Gasteiger partial charge in [-0.25, -0.2) is 0 Å². The molecule has 0 spiro atoms. The lowest BCUT2D eigenvalue weighted by Gasteiger charge is -2.17. The van der Waals surface area contributed by atoms with Crippen LogP contribution in [0.5, 0.6) is 5.75 Å². The first-order valence-corrected chi connectivity index (χ1v) is 6.93. The number of amides is 1. The number of carbonyl (C=O) groups is 1. The zero-order valence-electron chi connectivity index (χ0n) is 12.8. The quantitative estimate of drug-likeness (QED) is 0.936. The maximum Gasteiger partial charge on any atom is 0.265 e. The number of pyridine rings is 1. The van der Waals surface area contributed by atoms with Crippen molar-refractivity contribution in [2.24, 2.45) is 0 Å². The summed E-state index contributed by atoms with van der Waals surface area (Å²) < 4.78 is 5.81. The maximum absolute atomic E-state index is 12.1. The zero-order valence-corrected chi connectivity index (χ0v) is 12.8. The first-order valence-electron chi connectivity index (χ1n) is 6.93. The predicted octanol–water partition coefficient (Wildman–Crippen LogP) is 3.41. The first-order chi connectivity index (χ1) is 9.97. The number of ether oxygens (including phenoxy) is 1. The van der Waals surface area contributed by atoms with Crippen molar-refractivity contribution in [2.45, 2.75) is 33.8 Å². The van der Waals surface area contributed by atoms with E-state index in [0.717, 1.165) is 22.4 Å². The van der Waals surface area contributed by atoms with Crippen LogP contribution < -0.4 is 10.1 Å². The van der Waals surface area contributed by atoms with Gasteiger partial charge in [-0.15, -0.1) is 0 Å². The lowest BCUT2D eigenvalue weighted by atomic mass is 10.1. The topological polar surface area (TPSA) is 51.2 Å². The van der Waals surface area contributed by atoms with Crippen molar-refractivity contribution in [1.82, 2.24) is 4.98 Å². The van der Waals surface area contributed by atoms with Gasteiger partial charge in [0.05, 0.1) is 11.9 Å². The fourth-order valence-electron chi connectivity index (χ4n) is 2.05. The number of hydrogen-bond donors (Lipinski definition) is 1. The highest BCUT2D eigenvalue weighted by Crippen LogP contribution is 2.24. The maximum atomic E-state index is 12.1. The molecule has 1 heterocycles. The summed E-state index contributed by atoms with van der Waals surface area (Å²) in [4.78, 5) is 16.1. The number of aryl methyl sites for hydroxylation is 2. The smallest absolute Gasteiger partial charge is 0.265 e. The molecule has 1 atom stereocenters. The molecule has 0 saturated heterocycles.